The molecule has 0 unspecified atom stereocenters. The SMILES string of the molecule is CC(=O)c1ccc(Br)nc1.C[C@H](O)c1ccc(Br)nc1.C[C@H](OS(C)(=O)=O)c1ccc(Br)nc1. The summed E-state index contributed by atoms with van der Waals surface area (Å²) in [5.41, 5.74) is 2.20. The van der Waals surface area contributed by atoms with Crippen molar-refractivity contribution in [2.45, 2.75) is 33.0 Å². The number of nitrogens with zero attached hydrogens (tertiary/aromatic N) is 3. The lowest BCUT2D eigenvalue weighted by Crippen LogP contribution is -2.07. The molecule has 0 amide bonds. The smallest absolute Gasteiger partial charge is 0.264 e. The summed E-state index contributed by atoms with van der Waals surface area (Å²) in [4.78, 5) is 22.5. The zero-order valence-corrected chi connectivity index (χ0v) is 24.4. The van der Waals surface area contributed by atoms with Gasteiger partial charge in [-0.25, -0.2) is 15.0 Å². The van der Waals surface area contributed by atoms with Gasteiger partial charge in [0.25, 0.3) is 10.1 Å². The van der Waals surface area contributed by atoms with Gasteiger partial charge in [0.2, 0.25) is 0 Å². The Morgan fingerprint density at radius 2 is 1.29 bits per heavy atom. The normalized spacial score (nSPS) is 12.4. The van der Waals surface area contributed by atoms with Crippen LogP contribution in [0, 0.1) is 0 Å². The van der Waals surface area contributed by atoms with E-state index in [0.717, 1.165) is 26.6 Å². The summed E-state index contributed by atoms with van der Waals surface area (Å²) in [6, 6.07) is 10.6. The lowest BCUT2D eigenvalue weighted by Gasteiger charge is -2.10. The van der Waals surface area contributed by atoms with Crippen molar-refractivity contribution in [2.24, 2.45) is 0 Å². The van der Waals surface area contributed by atoms with Crippen LogP contribution in [0.3, 0.4) is 0 Å². The molecule has 184 valence electrons. The Bertz CT molecular complexity index is 1140. The molecule has 0 fully saturated rings. The molecule has 0 aliphatic rings. The minimum absolute atomic E-state index is 0.0417. The summed E-state index contributed by atoms with van der Waals surface area (Å²) in [5, 5.41) is 9.06. The number of hydrogen-bond donors (Lipinski definition) is 1. The van der Waals surface area contributed by atoms with Crippen LogP contribution in [0.2, 0.25) is 0 Å². The molecular formula is C22H24Br3N3O5S. The zero-order chi connectivity index (χ0) is 25.9. The molecule has 0 saturated heterocycles. The van der Waals surface area contributed by atoms with Crippen LogP contribution in [-0.2, 0) is 14.3 Å². The standard InChI is InChI=1S/C8H10BrNO3S.C7H8BrNO.C7H6BrNO/c1-6(13-14(2,11)12)7-3-4-8(9)10-5-7;2*1-5(10)6-2-3-7(8)9-4-6/h3-6H,1-2H3;2-5,10H,1H3;2-4H,1H3/t6-;5-;/m00./s1. The number of aromatic nitrogens is 3. The molecule has 0 aliphatic heterocycles. The van der Waals surface area contributed by atoms with Crippen molar-refractivity contribution in [1.82, 2.24) is 15.0 Å². The average Bonchev–Trinajstić information content (AvgIpc) is 2.74. The molecule has 0 aliphatic carbocycles. The van der Waals surface area contributed by atoms with Gasteiger partial charge in [-0.15, -0.1) is 0 Å². The third-order valence-corrected chi connectivity index (χ3v) is 5.95. The molecule has 0 saturated carbocycles. The monoisotopic (exact) mass is 679 g/mol. The first-order valence-corrected chi connectivity index (χ1v) is 13.9. The number of halogens is 3. The highest BCUT2D eigenvalue weighted by atomic mass is 79.9. The lowest BCUT2D eigenvalue weighted by atomic mass is 10.2. The predicted molar refractivity (Wildman–Crippen MR) is 141 cm³/mol. The molecular weight excluding hydrogens is 658 g/mol. The molecule has 3 aromatic heterocycles. The minimum Gasteiger partial charge on any atom is -0.389 e. The molecule has 8 nitrogen and oxygen atoms in total. The molecule has 0 radical (unpaired) electrons. The Kier molecular flexibility index (Phi) is 13.2. The topological polar surface area (TPSA) is 119 Å². The van der Waals surface area contributed by atoms with E-state index >= 15 is 0 Å². The maximum atomic E-state index is 10.8. The molecule has 34 heavy (non-hydrogen) atoms. The van der Waals surface area contributed by atoms with Gasteiger partial charge in [-0.05, 0) is 98.4 Å². The maximum absolute atomic E-state index is 10.8. The molecule has 0 bridgehead atoms. The molecule has 0 spiro atoms. The van der Waals surface area contributed by atoms with Gasteiger partial charge in [0, 0.05) is 29.7 Å². The van der Waals surface area contributed by atoms with Crippen LogP contribution >= 0.6 is 47.8 Å². The molecule has 3 rings (SSSR count). The Morgan fingerprint density at radius 1 is 0.853 bits per heavy atom. The number of aliphatic hydroxyl groups excluding tert-OH is 1. The van der Waals surface area contributed by atoms with Crippen molar-refractivity contribution in [2.75, 3.05) is 6.26 Å². The second-order valence-electron chi connectivity index (χ2n) is 6.87. The molecule has 3 aromatic rings. The molecule has 2 atom stereocenters. The summed E-state index contributed by atoms with van der Waals surface area (Å²) in [6.45, 7) is 4.89. The highest BCUT2D eigenvalue weighted by molar-refractivity contribution is 9.11. The van der Waals surface area contributed by atoms with E-state index in [1.807, 2.05) is 12.1 Å². The van der Waals surface area contributed by atoms with Crippen molar-refractivity contribution >= 4 is 63.7 Å². The van der Waals surface area contributed by atoms with E-state index in [0.29, 0.717) is 10.2 Å². The van der Waals surface area contributed by atoms with Crippen LogP contribution in [0.1, 0.15) is 54.5 Å². The van der Waals surface area contributed by atoms with Gasteiger partial charge in [-0.3, -0.25) is 8.98 Å². The van der Waals surface area contributed by atoms with Crippen molar-refractivity contribution in [3.8, 4) is 0 Å². The molecule has 0 aromatic carbocycles. The Morgan fingerprint density at radius 3 is 1.62 bits per heavy atom. The summed E-state index contributed by atoms with van der Waals surface area (Å²) in [5.74, 6) is 0.0417. The van der Waals surface area contributed by atoms with Crippen molar-refractivity contribution in [3.63, 3.8) is 0 Å². The summed E-state index contributed by atoms with van der Waals surface area (Å²) in [6.07, 6.45) is 4.85. The largest absolute Gasteiger partial charge is 0.389 e. The number of rotatable bonds is 5. The number of aliphatic hydroxyl groups is 1. The lowest BCUT2D eigenvalue weighted by molar-refractivity contribution is 0.101. The van der Waals surface area contributed by atoms with Crippen LogP contribution in [0.15, 0.2) is 68.8 Å². The third-order valence-electron chi connectivity index (χ3n) is 3.91. The second kappa shape index (κ2) is 14.7. The predicted octanol–water partition coefficient (Wildman–Crippen LogP) is 5.83. The van der Waals surface area contributed by atoms with Gasteiger partial charge in [0.1, 0.15) is 19.9 Å². The van der Waals surface area contributed by atoms with E-state index in [1.165, 1.54) is 6.92 Å². The quantitative estimate of drug-likeness (QED) is 0.203. The van der Waals surface area contributed by atoms with Crippen molar-refractivity contribution in [3.05, 3.63) is 85.5 Å². The highest BCUT2D eigenvalue weighted by Crippen LogP contribution is 2.19. The van der Waals surface area contributed by atoms with Crippen molar-refractivity contribution in [1.29, 1.82) is 0 Å². The van der Waals surface area contributed by atoms with Gasteiger partial charge in [-0.2, -0.15) is 8.42 Å². The number of hydrogen-bond acceptors (Lipinski definition) is 8. The van der Waals surface area contributed by atoms with Crippen LogP contribution in [0.5, 0.6) is 0 Å². The number of Topliss-reactive ketones (excluding diaryl/α,β-unsaturated/α-hetero) is 1. The summed E-state index contributed by atoms with van der Waals surface area (Å²) in [7, 11) is -3.42. The number of ketones is 1. The average molecular weight is 682 g/mol. The molecule has 3 heterocycles. The van der Waals surface area contributed by atoms with Crippen LogP contribution < -0.4 is 0 Å². The van der Waals surface area contributed by atoms with Gasteiger partial charge in [0.05, 0.1) is 12.4 Å². The Balaban J connectivity index is 0.000000261. The first-order valence-electron chi connectivity index (χ1n) is 9.70. The van der Waals surface area contributed by atoms with E-state index in [9.17, 15) is 13.2 Å². The van der Waals surface area contributed by atoms with Crippen LogP contribution in [-0.4, -0.2) is 40.5 Å². The second-order valence-corrected chi connectivity index (χ2v) is 10.9. The van der Waals surface area contributed by atoms with E-state index in [2.05, 4.69) is 62.7 Å². The minimum atomic E-state index is -3.42. The summed E-state index contributed by atoms with van der Waals surface area (Å²) < 4.78 is 28.7. The van der Waals surface area contributed by atoms with E-state index in [4.69, 9.17) is 9.29 Å². The fraction of sp³-hybridized carbons (Fsp3) is 0.273. The fourth-order valence-electron chi connectivity index (χ4n) is 2.16. The van der Waals surface area contributed by atoms with E-state index < -0.39 is 22.3 Å². The van der Waals surface area contributed by atoms with E-state index in [1.54, 1.807) is 56.7 Å². The summed E-state index contributed by atoms with van der Waals surface area (Å²) >= 11 is 9.56. The number of carbonyl (C=O) groups is 1. The maximum Gasteiger partial charge on any atom is 0.264 e. The Labute approximate surface area is 224 Å². The molecule has 12 heteroatoms. The highest BCUT2D eigenvalue weighted by Gasteiger charge is 2.12. The van der Waals surface area contributed by atoms with Gasteiger partial charge in [0.15, 0.2) is 5.78 Å². The van der Waals surface area contributed by atoms with E-state index in [-0.39, 0.29) is 5.78 Å². The number of pyridine rings is 3. The Hall–Kier alpha value is -1.57. The molecule has 1 N–H and O–H groups in total. The van der Waals surface area contributed by atoms with Crippen LogP contribution in [0.4, 0.5) is 0 Å². The van der Waals surface area contributed by atoms with Crippen molar-refractivity contribution < 1.29 is 22.5 Å². The van der Waals surface area contributed by atoms with Crippen LogP contribution in [0.25, 0.3) is 0 Å². The third kappa shape index (κ3) is 12.8. The number of carbonyl (C=O) groups excluding carboxylic acids is 1. The fourth-order valence-corrected chi connectivity index (χ4v) is 3.50. The first kappa shape index (κ1) is 30.5. The van der Waals surface area contributed by atoms with Gasteiger partial charge < -0.3 is 5.11 Å². The van der Waals surface area contributed by atoms with Gasteiger partial charge in [-0.1, -0.05) is 12.1 Å². The zero-order valence-electron chi connectivity index (χ0n) is 18.8. The first-order chi connectivity index (χ1) is 15.8. The van der Waals surface area contributed by atoms with Gasteiger partial charge >= 0.3 is 0 Å².